The van der Waals surface area contributed by atoms with Crippen molar-refractivity contribution in [3.8, 4) is 0 Å². The summed E-state index contributed by atoms with van der Waals surface area (Å²) in [6.07, 6.45) is 0. The average Bonchev–Trinajstić information content (AvgIpc) is 2.82. The maximum atomic E-state index is 12.3. The number of nitrogens with two attached hydrogens (primary N) is 1. The molecule has 0 spiro atoms. The van der Waals surface area contributed by atoms with Crippen molar-refractivity contribution in [2.75, 3.05) is 10.7 Å². The van der Waals surface area contributed by atoms with Crippen LogP contribution in [0, 0.1) is 6.92 Å². The molecule has 0 fully saturated rings. The first-order valence-electron chi connectivity index (χ1n) is 6.40. The molecular weight excluding hydrogens is 288 g/mol. The van der Waals surface area contributed by atoms with E-state index >= 15 is 0 Å². The smallest absolute Gasteiger partial charge is 0.257 e. The number of rotatable bonds is 3. The number of carbonyl (C=O) groups excluding carboxylic acids is 1. The number of nitrogens with one attached hydrogen (secondary N) is 2. The largest absolute Gasteiger partial charge is 0.308 e. The van der Waals surface area contributed by atoms with Crippen LogP contribution in [0.4, 0.5) is 10.9 Å². The third-order valence-electron chi connectivity index (χ3n) is 2.75. The molecule has 2 aromatic heterocycles. The SMILES string of the molecule is Cc1nsc(NC(=O)c2cc(NN)nc(C(C)(C)C)c2)n1. The lowest BCUT2D eigenvalue weighted by molar-refractivity contribution is 0.102. The van der Waals surface area contributed by atoms with Crippen LogP contribution in [0.25, 0.3) is 0 Å². The molecule has 2 heterocycles. The first kappa shape index (κ1) is 15.3. The highest BCUT2D eigenvalue weighted by Gasteiger charge is 2.19. The standard InChI is InChI=1S/C13H18N6OS/c1-7-15-12(21-19-7)17-11(20)8-5-9(13(2,3)4)16-10(6-8)18-14/h5-6H,14H2,1-4H3,(H,16,18)(H,15,17,19,20). The van der Waals surface area contributed by atoms with Crippen molar-refractivity contribution in [2.45, 2.75) is 33.1 Å². The predicted octanol–water partition coefficient (Wildman–Crippen LogP) is 2.08. The van der Waals surface area contributed by atoms with E-state index in [1.54, 1.807) is 19.1 Å². The molecule has 0 aliphatic carbocycles. The Balaban J connectivity index is 2.31. The van der Waals surface area contributed by atoms with Crippen LogP contribution in [0.15, 0.2) is 12.1 Å². The van der Waals surface area contributed by atoms with Crippen molar-refractivity contribution in [3.63, 3.8) is 0 Å². The van der Waals surface area contributed by atoms with E-state index in [4.69, 9.17) is 5.84 Å². The van der Waals surface area contributed by atoms with Gasteiger partial charge in [0.1, 0.15) is 11.6 Å². The molecule has 0 aliphatic rings. The highest BCUT2D eigenvalue weighted by Crippen LogP contribution is 2.23. The summed E-state index contributed by atoms with van der Waals surface area (Å²) < 4.78 is 4.03. The van der Waals surface area contributed by atoms with Crippen molar-refractivity contribution >= 4 is 28.4 Å². The van der Waals surface area contributed by atoms with Gasteiger partial charge in [0.2, 0.25) is 5.13 Å². The van der Waals surface area contributed by atoms with Gasteiger partial charge in [0, 0.05) is 28.2 Å². The molecule has 0 saturated heterocycles. The number of aryl methyl sites for hydroxylation is 1. The van der Waals surface area contributed by atoms with Crippen molar-refractivity contribution in [1.29, 1.82) is 0 Å². The predicted molar refractivity (Wildman–Crippen MR) is 83.3 cm³/mol. The van der Waals surface area contributed by atoms with Crippen LogP contribution in [-0.2, 0) is 5.41 Å². The molecule has 0 radical (unpaired) electrons. The van der Waals surface area contributed by atoms with E-state index in [1.165, 1.54) is 0 Å². The molecule has 21 heavy (non-hydrogen) atoms. The molecule has 0 saturated carbocycles. The second kappa shape index (κ2) is 5.74. The van der Waals surface area contributed by atoms with Crippen LogP contribution >= 0.6 is 11.5 Å². The van der Waals surface area contributed by atoms with Crippen LogP contribution in [0.5, 0.6) is 0 Å². The molecule has 2 rings (SSSR count). The third kappa shape index (κ3) is 3.73. The van der Waals surface area contributed by atoms with Crippen molar-refractivity contribution < 1.29 is 4.79 Å². The molecule has 1 amide bonds. The zero-order chi connectivity index (χ0) is 15.6. The highest BCUT2D eigenvalue weighted by molar-refractivity contribution is 7.09. The minimum Gasteiger partial charge on any atom is -0.308 e. The van der Waals surface area contributed by atoms with Crippen molar-refractivity contribution in [2.24, 2.45) is 5.84 Å². The van der Waals surface area contributed by atoms with Gasteiger partial charge in [-0.1, -0.05) is 20.8 Å². The van der Waals surface area contributed by atoms with Gasteiger partial charge in [-0.3, -0.25) is 10.1 Å². The fraction of sp³-hybridized carbons (Fsp3) is 0.385. The van der Waals surface area contributed by atoms with Crippen LogP contribution in [-0.4, -0.2) is 20.2 Å². The molecule has 112 valence electrons. The molecule has 2 aromatic rings. The molecule has 0 atom stereocenters. The normalized spacial score (nSPS) is 11.3. The van der Waals surface area contributed by atoms with Crippen LogP contribution in [0.2, 0.25) is 0 Å². The fourth-order valence-corrected chi connectivity index (χ4v) is 2.21. The van der Waals surface area contributed by atoms with Gasteiger partial charge in [-0.05, 0) is 19.1 Å². The molecular formula is C13H18N6OS. The second-order valence-corrected chi connectivity index (χ2v) is 6.37. The summed E-state index contributed by atoms with van der Waals surface area (Å²) in [5.41, 5.74) is 3.54. The van der Waals surface area contributed by atoms with Gasteiger partial charge in [-0.2, -0.15) is 4.37 Å². The summed E-state index contributed by atoms with van der Waals surface area (Å²) in [6, 6.07) is 3.35. The molecule has 4 N–H and O–H groups in total. The van der Waals surface area contributed by atoms with E-state index in [1.807, 2.05) is 20.8 Å². The number of anilines is 2. The van der Waals surface area contributed by atoms with Gasteiger partial charge in [-0.15, -0.1) is 0 Å². The second-order valence-electron chi connectivity index (χ2n) is 5.62. The zero-order valence-corrected chi connectivity index (χ0v) is 13.2. The van der Waals surface area contributed by atoms with E-state index in [0.717, 1.165) is 17.2 Å². The van der Waals surface area contributed by atoms with Crippen LogP contribution in [0.1, 0.15) is 42.6 Å². The van der Waals surface area contributed by atoms with Gasteiger partial charge >= 0.3 is 0 Å². The molecule has 0 aliphatic heterocycles. The van der Waals surface area contributed by atoms with Crippen molar-refractivity contribution in [1.82, 2.24) is 14.3 Å². The number of carbonyl (C=O) groups is 1. The number of hydrogen-bond donors (Lipinski definition) is 3. The molecule has 7 nitrogen and oxygen atoms in total. The number of hydrazine groups is 1. The average molecular weight is 306 g/mol. The molecule has 8 heteroatoms. The summed E-state index contributed by atoms with van der Waals surface area (Å²) in [6.45, 7) is 7.83. The minimum absolute atomic E-state index is 0.193. The van der Waals surface area contributed by atoms with Gasteiger partial charge in [0.05, 0.1) is 0 Å². The lowest BCUT2D eigenvalue weighted by Gasteiger charge is -2.19. The van der Waals surface area contributed by atoms with Gasteiger partial charge in [0.25, 0.3) is 5.91 Å². The Bertz CT molecular complexity index is 661. The first-order valence-corrected chi connectivity index (χ1v) is 7.18. The first-order chi connectivity index (χ1) is 9.79. The highest BCUT2D eigenvalue weighted by atomic mass is 32.1. The maximum absolute atomic E-state index is 12.3. The molecule has 0 unspecified atom stereocenters. The number of aromatic nitrogens is 3. The van der Waals surface area contributed by atoms with E-state index < -0.39 is 0 Å². The van der Waals surface area contributed by atoms with Crippen molar-refractivity contribution in [3.05, 3.63) is 29.2 Å². The van der Waals surface area contributed by atoms with Gasteiger partial charge in [0.15, 0.2) is 0 Å². The third-order valence-corrected chi connectivity index (χ3v) is 3.47. The van der Waals surface area contributed by atoms with E-state index in [0.29, 0.717) is 22.3 Å². The maximum Gasteiger partial charge on any atom is 0.257 e. The lowest BCUT2D eigenvalue weighted by Crippen LogP contribution is -2.20. The fourth-order valence-electron chi connectivity index (χ4n) is 1.64. The van der Waals surface area contributed by atoms with Gasteiger partial charge in [-0.25, -0.2) is 15.8 Å². The number of nitrogen functional groups attached to an aromatic ring is 1. The Morgan fingerprint density at radius 3 is 2.52 bits per heavy atom. The van der Waals surface area contributed by atoms with E-state index in [9.17, 15) is 4.79 Å². The number of hydrogen-bond acceptors (Lipinski definition) is 7. The van der Waals surface area contributed by atoms with Crippen LogP contribution < -0.4 is 16.6 Å². The Morgan fingerprint density at radius 1 is 1.29 bits per heavy atom. The monoisotopic (exact) mass is 306 g/mol. The zero-order valence-electron chi connectivity index (χ0n) is 12.4. The Kier molecular flexibility index (Phi) is 4.19. The Hall–Kier alpha value is -2.06. The molecule has 0 aromatic carbocycles. The van der Waals surface area contributed by atoms with Gasteiger partial charge < -0.3 is 5.43 Å². The summed E-state index contributed by atoms with van der Waals surface area (Å²) in [5.74, 6) is 6.23. The van der Waals surface area contributed by atoms with Crippen LogP contribution in [0.3, 0.4) is 0 Å². The topological polar surface area (TPSA) is 106 Å². The summed E-state index contributed by atoms with van der Waals surface area (Å²) >= 11 is 1.14. The summed E-state index contributed by atoms with van der Waals surface area (Å²) in [4.78, 5) is 20.8. The number of amides is 1. The minimum atomic E-state index is -0.268. The summed E-state index contributed by atoms with van der Waals surface area (Å²) in [5, 5.41) is 3.19. The summed E-state index contributed by atoms with van der Waals surface area (Å²) in [7, 11) is 0. The molecule has 0 bridgehead atoms. The number of pyridine rings is 1. The Morgan fingerprint density at radius 2 is 2.00 bits per heavy atom. The number of nitrogens with zero attached hydrogens (tertiary/aromatic N) is 3. The lowest BCUT2D eigenvalue weighted by atomic mass is 9.90. The quantitative estimate of drug-likeness (QED) is 0.592. The van der Waals surface area contributed by atoms with E-state index in [2.05, 4.69) is 25.1 Å². The Labute approximate surface area is 127 Å². The van der Waals surface area contributed by atoms with E-state index in [-0.39, 0.29) is 11.3 Å².